The number of nitrogens with one attached hydrogen (secondary N) is 1. The highest BCUT2D eigenvalue weighted by Gasteiger charge is 2.22. The van der Waals surface area contributed by atoms with Crippen LogP contribution >= 0.6 is 0 Å². The van der Waals surface area contributed by atoms with E-state index in [9.17, 15) is 0 Å². The van der Waals surface area contributed by atoms with Gasteiger partial charge in [0.2, 0.25) is 0 Å². The van der Waals surface area contributed by atoms with Gasteiger partial charge < -0.3 is 10.2 Å². The van der Waals surface area contributed by atoms with E-state index in [2.05, 4.69) is 55.3 Å². The Morgan fingerprint density at radius 1 is 1.24 bits per heavy atom. The van der Waals surface area contributed by atoms with E-state index in [1.807, 2.05) is 0 Å². The number of hydrogen-bond donors (Lipinski definition) is 1. The maximum absolute atomic E-state index is 3.59. The van der Waals surface area contributed by atoms with Crippen molar-refractivity contribution < 1.29 is 0 Å². The maximum Gasteiger partial charge on any atom is 0.0415 e. The fourth-order valence-corrected chi connectivity index (χ4v) is 2.64. The number of hydrogen-bond acceptors (Lipinski definition) is 2. The highest BCUT2D eigenvalue weighted by atomic mass is 15.2. The molecule has 2 heteroatoms. The molecular formula is C15H24N2. The highest BCUT2D eigenvalue weighted by Crippen LogP contribution is 2.22. The summed E-state index contributed by atoms with van der Waals surface area (Å²) in [6, 6.07) is 10.2. The van der Waals surface area contributed by atoms with Crippen LogP contribution in [-0.2, 0) is 0 Å². The lowest BCUT2D eigenvalue weighted by atomic mass is 10.00. The lowest BCUT2D eigenvalue weighted by Crippen LogP contribution is -2.49. The third-order valence-electron chi connectivity index (χ3n) is 3.78. The Morgan fingerprint density at radius 3 is 2.47 bits per heavy atom. The van der Waals surface area contributed by atoms with Crippen molar-refractivity contribution in [3.8, 4) is 0 Å². The fourth-order valence-electron chi connectivity index (χ4n) is 2.64. The van der Waals surface area contributed by atoms with E-state index in [4.69, 9.17) is 0 Å². The predicted octanol–water partition coefficient (Wildman–Crippen LogP) is 2.96. The summed E-state index contributed by atoms with van der Waals surface area (Å²) in [5.41, 5.74) is 2.69. The number of likely N-dealkylation sites (N-methyl/N-ethyl adjacent to an activating group) is 1. The van der Waals surface area contributed by atoms with Gasteiger partial charge in [-0.1, -0.05) is 17.7 Å². The van der Waals surface area contributed by atoms with E-state index in [0.717, 1.165) is 13.1 Å². The summed E-state index contributed by atoms with van der Waals surface area (Å²) in [5.74, 6) is 0. The van der Waals surface area contributed by atoms with Crippen LogP contribution in [0.1, 0.15) is 32.3 Å². The molecular weight excluding hydrogens is 208 g/mol. The summed E-state index contributed by atoms with van der Waals surface area (Å²) in [6.45, 7) is 8.87. The van der Waals surface area contributed by atoms with Crippen LogP contribution in [0.3, 0.4) is 0 Å². The third-order valence-corrected chi connectivity index (χ3v) is 3.78. The molecule has 17 heavy (non-hydrogen) atoms. The lowest BCUT2D eigenvalue weighted by molar-refractivity contribution is 0.370. The Bertz CT molecular complexity index is 336. The van der Waals surface area contributed by atoms with Crippen molar-refractivity contribution in [3.05, 3.63) is 29.8 Å². The molecule has 2 rings (SSSR count). The largest absolute Gasteiger partial charge is 0.368 e. The van der Waals surface area contributed by atoms with E-state index < -0.39 is 0 Å². The van der Waals surface area contributed by atoms with Crippen molar-refractivity contribution in [2.45, 2.75) is 45.7 Å². The molecule has 2 atom stereocenters. The minimum atomic E-state index is 0.652. The average molecular weight is 232 g/mol. The molecule has 0 saturated carbocycles. The summed E-state index contributed by atoms with van der Waals surface area (Å²) < 4.78 is 0. The van der Waals surface area contributed by atoms with Gasteiger partial charge in [-0.25, -0.2) is 0 Å². The van der Waals surface area contributed by atoms with Gasteiger partial charge in [0.1, 0.15) is 0 Å². The molecule has 2 nitrogen and oxygen atoms in total. The second-order valence-corrected chi connectivity index (χ2v) is 5.16. The summed E-state index contributed by atoms with van der Waals surface area (Å²) in [6.07, 6.45) is 2.59. The minimum Gasteiger partial charge on any atom is -0.368 e. The van der Waals surface area contributed by atoms with Crippen LogP contribution in [0, 0.1) is 6.92 Å². The van der Waals surface area contributed by atoms with Gasteiger partial charge in [-0.2, -0.15) is 0 Å². The van der Waals surface area contributed by atoms with E-state index in [1.54, 1.807) is 0 Å². The molecule has 0 bridgehead atoms. The van der Waals surface area contributed by atoms with Gasteiger partial charge in [-0.15, -0.1) is 0 Å². The molecule has 1 N–H and O–H groups in total. The molecule has 1 aliphatic rings. The normalized spacial score (nSPS) is 24.6. The molecule has 0 aliphatic carbocycles. The van der Waals surface area contributed by atoms with Gasteiger partial charge in [0.25, 0.3) is 0 Å². The molecule has 1 heterocycles. The lowest BCUT2D eigenvalue weighted by Gasteiger charge is -2.37. The summed E-state index contributed by atoms with van der Waals surface area (Å²) in [5, 5.41) is 3.59. The van der Waals surface area contributed by atoms with Crippen LogP contribution in [0.5, 0.6) is 0 Å². The number of benzene rings is 1. The number of nitrogens with zero attached hydrogens (tertiary/aromatic N) is 1. The van der Waals surface area contributed by atoms with Crippen molar-refractivity contribution in [2.24, 2.45) is 0 Å². The molecule has 1 aliphatic heterocycles. The summed E-state index contributed by atoms with van der Waals surface area (Å²) in [7, 11) is 0. The highest BCUT2D eigenvalue weighted by molar-refractivity contribution is 5.48. The molecule has 94 valence electrons. The first kappa shape index (κ1) is 12.4. The molecule has 0 aromatic heterocycles. The first-order valence-electron chi connectivity index (χ1n) is 6.77. The van der Waals surface area contributed by atoms with Gasteiger partial charge in [-0.3, -0.25) is 0 Å². The van der Waals surface area contributed by atoms with Crippen LogP contribution in [0.2, 0.25) is 0 Å². The first-order valence-corrected chi connectivity index (χ1v) is 6.77. The molecule has 0 spiro atoms. The van der Waals surface area contributed by atoms with Crippen molar-refractivity contribution in [1.82, 2.24) is 5.32 Å². The van der Waals surface area contributed by atoms with Crippen molar-refractivity contribution in [3.63, 3.8) is 0 Å². The molecule has 0 amide bonds. The molecule has 1 aromatic rings. The molecule has 2 unspecified atom stereocenters. The second kappa shape index (κ2) is 5.54. The Labute approximate surface area is 105 Å². The number of aryl methyl sites for hydroxylation is 1. The number of rotatable bonds is 3. The Balaban J connectivity index is 2.08. The Morgan fingerprint density at radius 2 is 1.94 bits per heavy atom. The van der Waals surface area contributed by atoms with Crippen LogP contribution in [0.4, 0.5) is 5.69 Å². The molecule has 1 fully saturated rings. The quantitative estimate of drug-likeness (QED) is 0.862. The van der Waals surface area contributed by atoms with Crippen molar-refractivity contribution in [2.75, 3.05) is 18.0 Å². The van der Waals surface area contributed by atoms with Gasteiger partial charge in [0.15, 0.2) is 0 Å². The van der Waals surface area contributed by atoms with Gasteiger partial charge >= 0.3 is 0 Å². The average Bonchev–Trinajstić information content (AvgIpc) is 2.35. The van der Waals surface area contributed by atoms with Crippen LogP contribution in [-0.4, -0.2) is 25.2 Å². The maximum atomic E-state index is 3.59. The molecule has 1 saturated heterocycles. The second-order valence-electron chi connectivity index (χ2n) is 5.16. The van der Waals surface area contributed by atoms with E-state index >= 15 is 0 Å². The van der Waals surface area contributed by atoms with Gasteiger partial charge in [0, 0.05) is 30.9 Å². The first-order chi connectivity index (χ1) is 8.20. The van der Waals surface area contributed by atoms with E-state index in [1.165, 1.54) is 24.1 Å². The minimum absolute atomic E-state index is 0.652. The van der Waals surface area contributed by atoms with Gasteiger partial charge in [0.05, 0.1) is 0 Å². The SMILES string of the molecule is CCN(c1ccc(C)cc1)C1CCC(C)NC1. The number of piperidine rings is 1. The summed E-state index contributed by atoms with van der Waals surface area (Å²) >= 11 is 0. The molecule has 0 radical (unpaired) electrons. The monoisotopic (exact) mass is 232 g/mol. The van der Waals surface area contributed by atoms with Crippen LogP contribution < -0.4 is 10.2 Å². The zero-order valence-corrected chi connectivity index (χ0v) is 11.2. The Hall–Kier alpha value is -1.02. The van der Waals surface area contributed by atoms with E-state index in [0.29, 0.717) is 12.1 Å². The predicted molar refractivity (Wildman–Crippen MR) is 74.7 cm³/mol. The standard InChI is InChI=1S/C15H24N2/c1-4-17(14-8-5-12(2)6-9-14)15-10-7-13(3)16-11-15/h5-6,8-9,13,15-16H,4,7,10-11H2,1-3H3. The van der Waals surface area contributed by atoms with Crippen molar-refractivity contribution in [1.29, 1.82) is 0 Å². The zero-order valence-electron chi connectivity index (χ0n) is 11.2. The molecule has 1 aromatic carbocycles. The Kier molecular flexibility index (Phi) is 4.06. The van der Waals surface area contributed by atoms with Crippen molar-refractivity contribution >= 4 is 5.69 Å². The van der Waals surface area contributed by atoms with Gasteiger partial charge in [-0.05, 0) is 45.7 Å². The zero-order chi connectivity index (χ0) is 12.3. The van der Waals surface area contributed by atoms with E-state index in [-0.39, 0.29) is 0 Å². The topological polar surface area (TPSA) is 15.3 Å². The smallest absolute Gasteiger partial charge is 0.0415 e. The third kappa shape index (κ3) is 3.01. The van der Waals surface area contributed by atoms with Crippen LogP contribution in [0.25, 0.3) is 0 Å². The van der Waals surface area contributed by atoms with Crippen LogP contribution in [0.15, 0.2) is 24.3 Å². The summed E-state index contributed by atoms with van der Waals surface area (Å²) in [4.78, 5) is 2.53. The fraction of sp³-hybridized carbons (Fsp3) is 0.600. The number of anilines is 1.